The number of hydrogen-bond donors (Lipinski definition) is 0. The Hall–Kier alpha value is -0.590. The fourth-order valence-electron chi connectivity index (χ4n) is 1.52. The van der Waals surface area contributed by atoms with Gasteiger partial charge in [-0.1, -0.05) is 40.9 Å². The minimum atomic E-state index is -3.77. The van der Waals surface area contributed by atoms with Crippen LogP contribution in [0.2, 0.25) is 13.7 Å². The third kappa shape index (κ3) is 3.54. The van der Waals surface area contributed by atoms with Gasteiger partial charge < -0.3 is 0 Å². The van der Waals surface area contributed by atoms with Crippen LogP contribution >= 0.6 is 46.1 Å². The lowest BCUT2D eigenvalue weighted by Gasteiger charge is -2.04. The van der Waals surface area contributed by atoms with E-state index in [9.17, 15) is 13.2 Å². The maximum Gasteiger partial charge on any atom is 0.185 e. The second-order valence-corrected chi connectivity index (χ2v) is 8.59. The van der Waals surface area contributed by atoms with Crippen LogP contribution in [0.5, 0.6) is 0 Å². The number of Topliss-reactive ketones (excluding diaryl/α,β-unsaturated/α-hetero) is 1. The molecule has 1 heterocycles. The van der Waals surface area contributed by atoms with E-state index in [2.05, 4.69) is 0 Å². The highest BCUT2D eigenvalue weighted by atomic mass is 35.5. The SMILES string of the molecule is O=C(CS(=O)(=O)c1cccc(Cl)c1)c1cc(Cl)sc1Cl. The Morgan fingerprint density at radius 3 is 2.40 bits per heavy atom. The molecule has 0 saturated heterocycles. The van der Waals surface area contributed by atoms with Gasteiger partial charge in [0.2, 0.25) is 0 Å². The van der Waals surface area contributed by atoms with Gasteiger partial charge in [0.1, 0.15) is 10.1 Å². The molecular weight excluding hydrogens is 363 g/mol. The summed E-state index contributed by atoms with van der Waals surface area (Å²) >= 11 is 18.3. The van der Waals surface area contributed by atoms with Crippen molar-refractivity contribution in [3.05, 3.63) is 49.6 Å². The maximum atomic E-state index is 12.1. The van der Waals surface area contributed by atoms with Gasteiger partial charge in [0, 0.05) is 10.6 Å². The number of sulfone groups is 1. The zero-order valence-corrected chi connectivity index (χ0v) is 13.7. The van der Waals surface area contributed by atoms with E-state index in [0.717, 1.165) is 11.3 Å². The van der Waals surface area contributed by atoms with E-state index < -0.39 is 21.4 Å². The van der Waals surface area contributed by atoms with Crippen molar-refractivity contribution < 1.29 is 13.2 Å². The highest BCUT2D eigenvalue weighted by Crippen LogP contribution is 2.32. The Labute approximate surface area is 135 Å². The normalized spacial score (nSPS) is 11.6. The van der Waals surface area contributed by atoms with Crippen LogP contribution in [0.1, 0.15) is 10.4 Å². The molecule has 0 saturated carbocycles. The van der Waals surface area contributed by atoms with E-state index in [0.29, 0.717) is 4.34 Å². The molecule has 0 spiro atoms. The fourth-order valence-corrected chi connectivity index (χ4v) is 4.54. The van der Waals surface area contributed by atoms with E-state index in [1.54, 1.807) is 6.07 Å². The number of thiophene rings is 1. The van der Waals surface area contributed by atoms with Gasteiger partial charge in [-0.2, -0.15) is 0 Å². The summed E-state index contributed by atoms with van der Waals surface area (Å²) in [7, 11) is -3.77. The molecule has 3 nitrogen and oxygen atoms in total. The van der Waals surface area contributed by atoms with Gasteiger partial charge in [0.05, 0.1) is 9.23 Å². The molecule has 8 heteroatoms. The van der Waals surface area contributed by atoms with E-state index in [1.807, 2.05) is 0 Å². The number of halogens is 3. The Balaban J connectivity index is 2.29. The summed E-state index contributed by atoms with van der Waals surface area (Å²) in [6, 6.07) is 7.11. The zero-order valence-electron chi connectivity index (χ0n) is 9.77. The number of carbonyl (C=O) groups is 1. The van der Waals surface area contributed by atoms with Gasteiger partial charge >= 0.3 is 0 Å². The summed E-state index contributed by atoms with van der Waals surface area (Å²) in [6.45, 7) is 0. The molecule has 2 rings (SSSR count). The molecular formula is C12H7Cl3O3S2. The first kappa shape index (κ1) is 15.8. The van der Waals surface area contributed by atoms with Crippen LogP contribution in [0, 0.1) is 0 Å². The minimum absolute atomic E-state index is 0.00389. The van der Waals surface area contributed by atoms with E-state index >= 15 is 0 Å². The summed E-state index contributed by atoms with van der Waals surface area (Å²) in [5.74, 6) is -1.28. The molecule has 106 valence electrons. The first-order valence-corrected chi connectivity index (χ1v) is 8.86. The molecule has 0 aliphatic heterocycles. The van der Waals surface area contributed by atoms with Crippen LogP contribution in [0.15, 0.2) is 35.2 Å². The Morgan fingerprint density at radius 2 is 1.85 bits per heavy atom. The van der Waals surface area contributed by atoms with Crippen molar-refractivity contribution in [3.63, 3.8) is 0 Å². The molecule has 0 aliphatic rings. The molecule has 0 amide bonds. The zero-order chi connectivity index (χ0) is 14.9. The van der Waals surface area contributed by atoms with Crippen molar-refractivity contribution in [1.29, 1.82) is 0 Å². The summed E-state index contributed by atoms with van der Waals surface area (Å²) in [6.07, 6.45) is 0. The second kappa shape index (κ2) is 6.03. The lowest BCUT2D eigenvalue weighted by Crippen LogP contribution is -2.16. The number of benzene rings is 1. The van der Waals surface area contributed by atoms with Crippen LogP contribution in [0.3, 0.4) is 0 Å². The van der Waals surface area contributed by atoms with Crippen LogP contribution in [-0.2, 0) is 9.84 Å². The van der Waals surface area contributed by atoms with Crippen LogP contribution in [0.25, 0.3) is 0 Å². The predicted octanol–water partition coefficient (Wildman–Crippen LogP) is 4.36. The molecule has 0 aliphatic carbocycles. The second-order valence-electron chi connectivity index (χ2n) is 3.88. The predicted molar refractivity (Wildman–Crippen MR) is 82.2 cm³/mol. The number of hydrogen-bond acceptors (Lipinski definition) is 4. The molecule has 0 fully saturated rings. The van der Waals surface area contributed by atoms with Gasteiger partial charge in [-0.15, -0.1) is 11.3 Å². The highest BCUT2D eigenvalue weighted by Gasteiger charge is 2.23. The fraction of sp³-hybridized carbons (Fsp3) is 0.0833. The van der Waals surface area contributed by atoms with Crippen molar-refractivity contribution >= 4 is 61.8 Å². The van der Waals surface area contributed by atoms with Gasteiger partial charge in [0.15, 0.2) is 15.6 Å². The third-order valence-corrected chi connectivity index (χ3v) is 5.77. The van der Waals surface area contributed by atoms with Crippen molar-refractivity contribution in [2.75, 3.05) is 5.75 Å². The summed E-state index contributed by atoms with van der Waals surface area (Å²) < 4.78 is 24.8. The summed E-state index contributed by atoms with van der Waals surface area (Å²) in [4.78, 5) is 12.0. The number of ketones is 1. The lowest BCUT2D eigenvalue weighted by molar-refractivity contribution is 0.102. The van der Waals surface area contributed by atoms with Crippen LogP contribution < -0.4 is 0 Å². The molecule has 20 heavy (non-hydrogen) atoms. The van der Waals surface area contributed by atoms with Crippen molar-refractivity contribution in [1.82, 2.24) is 0 Å². The van der Waals surface area contributed by atoms with Crippen molar-refractivity contribution in [3.8, 4) is 0 Å². The topological polar surface area (TPSA) is 51.2 Å². The number of carbonyl (C=O) groups excluding carboxylic acids is 1. The van der Waals surface area contributed by atoms with Gasteiger partial charge in [-0.05, 0) is 24.3 Å². The van der Waals surface area contributed by atoms with Gasteiger partial charge in [0.25, 0.3) is 0 Å². The first-order chi connectivity index (χ1) is 9.29. The molecule has 1 aromatic heterocycles. The van der Waals surface area contributed by atoms with Crippen LogP contribution in [-0.4, -0.2) is 20.0 Å². The first-order valence-electron chi connectivity index (χ1n) is 5.26. The number of rotatable bonds is 4. The monoisotopic (exact) mass is 368 g/mol. The molecule has 0 N–H and O–H groups in total. The minimum Gasteiger partial charge on any atom is -0.293 e. The Kier molecular flexibility index (Phi) is 4.76. The molecule has 2 aromatic rings. The van der Waals surface area contributed by atoms with E-state index in [-0.39, 0.29) is 19.8 Å². The third-order valence-electron chi connectivity index (χ3n) is 2.43. The van der Waals surface area contributed by atoms with E-state index in [1.165, 1.54) is 24.3 Å². The molecule has 0 bridgehead atoms. The standard InChI is InChI=1S/C12H7Cl3O3S2/c13-7-2-1-3-8(4-7)20(17,18)6-10(16)9-5-11(14)19-12(9)15/h1-5H,6H2. The van der Waals surface area contributed by atoms with Crippen LogP contribution in [0.4, 0.5) is 0 Å². The lowest BCUT2D eigenvalue weighted by atomic mass is 10.2. The van der Waals surface area contributed by atoms with Gasteiger partial charge in [-0.3, -0.25) is 4.79 Å². The Bertz CT molecular complexity index is 766. The summed E-state index contributed by atoms with van der Waals surface area (Å²) in [5.41, 5.74) is 0.118. The smallest absolute Gasteiger partial charge is 0.185 e. The maximum absolute atomic E-state index is 12.1. The molecule has 1 aromatic carbocycles. The average molecular weight is 370 g/mol. The molecule has 0 radical (unpaired) electrons. The van der Waals surface area contributed by atoms with Crippen molar-refractivity contribution in [2.24, 2.45) is 0 Å². The van der Waals surface area contributed by atoms with Gasteiger partial charge in [-0.25, -0.2) is 8.42 Å². The highest BCUT2D eigenvalue weighted by molar-refractivity contribution is 7.92. The van der Waals surface area contributed by atoms with Crippen molar-refractivity contribution in [2.45, 2.75) is 4.90 Å². The molecule has 0 unspecified atom stereocenters. The molecule has 0 atom stereocenters. The summed E-state index contributed by atoms with van der Waals surface area (Å²) in [5, 5.41) is 0.287. The average Bonchev–Trinajstić information content (AvgIpc) is 2.68. The largest absolute Gasteiger partial charge is 0.293 e. The quantitative estimate of drug-likeness (QED) is 0.752. The van der Waals surface area contributed by atoms with E-state index in [4.69, 9.17) is 34.8 Å². The Morgan fingerprint density at radius 1 is 1.15 bits per heavy atom.